The molecule has 0 aromatic carbocycles. The first-order valence-electron chi connectivity index (χ1n) is 9.19. The first kappa shape index (κ1) is 21.9. The van der Waals surface area contributed by atoms with Crippen LogP contribution in [0.2, 0.25) is 0 Å². The number of carbonyl (C=O) groups is 1. The number of methoxy groups -OCH3 is 1. The number of thioether (sulfide) groups is 1. The maximum Gasteiger partial charge on any atom is 0.234 e. The summed E-state index contributed by atoms with van der Waals surface area (Å²) in [6, 6.07) is 0. The SMILES string of the molecule is CN=C(NCCCSc1nccs1)N1CCN(CC(=O)NCCOC)CC1. The van der Waals surface area contributed by atoms with Gasteiger partial charge in [-0.1, -0.05) is 11.8 Å². The molecule has 1 aromatic rings. The van der Waals surface area contributed by atoms with Crippen LogP contribution in [0.4, 0.5) is 0 Å². The molecule has 27 heavy (non-hydrogen) atoms. The zero-order chi connectivity index (χ0) is 19.3. The smallest absolute Gasteiger partial charge is 0.234 e. The maximum absolute atomic E-state index is 11.9. The van der Waals surface area contributed by atoms with Gasteiger partial charge in [0.05, 0.1) is 13.2 Å². The summed E-state index contributed by atoms with van der Waals surface area (Å²) in [5.74, 6) is 2.04. The minimum absolute atomic E-state index is 0.0562. The molecule has 1 aliphatic heterocycles. The number of hydrogen-bond donors (Lipinski definition) is 2. The fraction of sp³-hybridized carbons (Fsp3) is 0.706. The Kier molecular flexibility index (Phi) is 10.5. The monoisotopic (exact) mass is 414 g/mol. The highest BCUT2D eigenvalue weighted by Gasteiger charge is 2.20. The lowest BCUT2D eigenvalue weighted by molar-refractivity contribution is -0.122. The van der Waals surface area contributed by atoms with Crippen molar-refractivity contribution in [2.24, 2.45) is 4.99 Å². The van der Waals surface area contributed by atoms with Gasteiger partial charge in [0.2, 0.25) is 5.91 Å². The number of carbonyl (C=O) groups excluding carboxylic acids is 1. The molecule has 0 spiro atoms. The van der Waals surface area contributed by atoms with Gasteiger partial charge in [-0.25, -0.2) is 4.98 Å². The van der Waals surface area contributed by atoms with Crippen molar-refractivity contribution >= 4 is 35.0 Å². The Bertz CT molecular complexity index is 562. The second-order valence-electron chi connectivity index (χ2n) is 6.08. The zero-order valence-electron chi connectivity index (χ0n) is 16.1. The second-order valence-corrected chi connectivity index (χ2v) is 8.32. The number of ether oxygens (including phenoxy) is 1. The van der Waals surface area contributed by atoms with E-state index < -0.39 is 0 Å². The third kappa shape index (κ3) is 8.46. The molecule has 1 aromatic heterocycles. The van der Waals surface area contributed by atoms with E-state index in [1.807, 2.05) is 18.6 Å². The molecule has 2 N–H and O–H groups in total. The van der Waals surface area contributed by atoms with E-state index in [1.54, 1.807) is 30.2 Å². The highest BCUT2D eigenvalue weighted by atomic mass is 32.2. The molecule has 152 valence electrons. The Hall–Kier alpha value is -1.36. The number of thiazole rings is 1. The number of piperazine rings is 1. The van der Waals surface area contributed by atoms with Gasteiger partial charge in [0.15, 0.2) is 5.96 Å². The first-order valence-corrected chi connectivity index (χ1v) is 11.1. The third-order valence-corrected chi connectivity index (χ3v) is 6.17. The predicted octanol–water partition coefficient (Wildman–Crippen LogP) is 0.581. The van der Waals surface area contributed by atoms with Crippen molar-refractivity contribution in [1.29, 1.82) is 0 Å². The highest BCUT2D eigenvalue weighted by molar-refractivity contribution is 8.00. The Labute approximate surface area is 169 Å². The van der Waals surface area contributed by atoms with Crippen molar-refractivity contribution in [3.8, 4) is 0 Å². The first-order chi connectivity index (χ1) is 13.2. The quantitative estimate of drug-likeness (QED) is 0.251. The van der Waals surface area contributed by atoms with Crippen molar-refractivity contribution in [3.05, 3.63) is 11.6 Å². The molecule has 1 aliphatic rings. The van der Waals surface area contributed by atoms with Crippen molar-refractivity contribution in [2.75, 3.05) is 72.3 Å². The molecule has 2 rings (SSSR count). The van der Waals surface area contributed by atoms with E-state index in [1.165, 1.54) is 0 Å². The Balaban J connectivity index is 1.59. The van der Waals surface area contributed by atoms with Gasteiger partial charge in [-0.15, -0.1) is 11.3 Å². The van der Waals surface area contributed by atoms with Crippen LogP contribution in [-0.2, 0) is 9.53 Å². The van der Waals surface area contributed by atoms with Crippen LogP contribution in [0.25, 0.3) is 0 Å². The van der Waals surface area contributed by atoms with E-state index >= 15 is 0 Å². The molecule has 0 bridgehead atoms. The van der Waals surface area contributed by atoms with E-state index in [4.69, 9.17) is 4.74 Å². The zero-order valence-corrected chi connectivity index (χ0v) is 17.8. The molecule has 0 saturated carbocycles. The molecular formula is C17H30N6O2S2. The molecule has 10 heteroatoms. The summed E-state index contributed by atoms with van der Waals surface area (Å²) >= 11 is 3.48. The molecule has 2 heterocycles. The predicted molar refractivity (Wildman–Crippen MR) is 112 cm³/mol. The van der Waals surface area contributed by atoms with Gasteiger partial charge >= 0.3 is 0 Å². The summed E-state index contributed by atoms with van der Waals surface area (Å²) in [5.41, 5.74) is 0. The average Bonchev–Trinajstić information content (AvgIpc) is 3.19. The van der Waals surface area contributed by atoms with Gasteiger partial charge in [-0.3, -0.25) is 14.7 Å². The summed E-state index contributed by atoms with van der Waals surface area (Å²) in [6.45, 7) is 5.91. The Morgan fingerprint density at radius 2 is 2.15 bits per heavy atom. The van der Waals surface area contributed by atoms with Crippen molar-refractivity contribution in [1.82, 2.24) is 25.4 Å². The van der Waals surface area contributed by atoms with Crippen LogP contribution < -0.4 is 10.6 Å². The minimum atomic E-state index is 0.0562. The van der Waals surface area contributed by atoms with Gasteiger partial charge < -0.3 is 20.3 Å². The summed E-state index contributed by atoms with van der Waals surface area (Å²) in [4.78, 5) is 25.0. The fourth-order valence-electron chi connectivity index (χ4n) is 2.72. The number of hydrogen-bond acceptors (Lipinski definition) is 7. The van der Waals surface area contributed by atoms with E-state index in [0.29, 0.717) is 19.7 Å². The minimum Gasteiger partial charge on any atom is -0.383 e. The van der Waals surface area contributed by atoms with Gasteiger partial charge in [-0.05, 0) is 6.42 Å². The molecule has 0 unspecified atom stereocenters. The second kappa shape index (κ2) is 12.9. The number of rotatable bonds is 10. The number of nitrogens with zero attached hydrogens (tertiary/aromatic N) is 4. The van der Waals surface area contributed by atoms with Crippen molar-refractivity contribution in [3.63, 3.8) is 0 Å². The number of aromatic nitrogens is 1. The maximum atomic E-state index is 11.9. The summed E-state index contributed by atoms with van der Waals surface area (Å²) in [5, 5.41) is 8.31. The van der Waals surface area contributed by atoms with Crippen LogP contribution in [-0.4, -0.2) is 99.0 Å². The van der Waals surface area contributed by atoms with E-state index in [0.717, 1.165) is 55.2 Å². The highest BCUT2D eigenvalue weighted by Crippen LogP contribution is 2.20. The number of amides is 1. The molecule has 8 nitrogen and oxygen atoms in total. The molecule has 1 amide bonds. The Morgan fingerprint density at radius 1 is 1.33 bits per heavy atom. The van der Waals surface area contributed by atoms with Gasteiger partial charge in [0.1, 0.15) is 4.34 Å². The summed E-state index contributed by atoms with van der Waals surface area (Å²) in [6.07, 6.45) is 2.90. The van der Waals surface area contributed by atoms with E-state index in [9.17, 15) is 4.79 Å². The molecule has 0 atom stereocenters. The van der Waals surface area contributed by atoms with Crippen molar-refractivity contribution in [2.45, 2.75) is 10.8 Å². The van der Waals surface area contributed by atoms with Crippen LogP contribution in [0.3, 0.4) is 0 Å². The van der Waals surface area contributed by atoms with Gasteiger partial charge in [-0.2, -0.15) is 0 Å². The molecule has 0 radical (unpaired) electrons. The third-order valence-electron chi connectivity index (χ3n) is 4.12. The lowest BCUT2D eigenvalue weighted by Crippen LogP contribution is -2.54. The van der Waals surface area contributed by atoms with Crippen LogP contribution >= 0.6 is 23.1 Å². The molecule has 0 aliphatic carbocycles. The molecule has 1 saturated heterocycles. The van der Waals surface area contributed by atoms with Crippen LogP contribution in [0.15, 0.2) is 20.9 Å². The number of aliphatic imine (C=N–C) groups is 1. The average molecular weight is 415 g/mol. The summed E-state index contributed by atoms with van der Waals surface area (Å²) < 4.78 is 6.07. The van der Waals surface area contributed by atoms with E-state index in [2.05, 4.69) is 30.4 Å². The normalized spacial score (nSPS) is 15.8. The molecule has 1 fully saturated rings. The fourth-order valence-corrected chi connectivity index (χ4v) is 4.36. The van der Waals surface area contributed by atoms with Crippen molar-refractivity contribution < 1.29 is 9.53 Å². The largest absolute Gasteiger partial charge is 0.383 e. The standard InChI is InChI=1S/C17H30N6O2S2/c1-18-16(20-4-3-12-26-17-21-6-13-27-17)23-9-7-22(8-10-23)14-15(24)19-5-11-25-2/h6,13H,3-5,7-12,14H2,1-2H3,(H,18,20)(H,19,24). The Morgan fingerprint density at radius 3 is 2.81 bits per heavy atom. The van der Waals surface area contributed by atoms with Gasteiger partial charge in [0, 0.05) is 70.8 Å². The number of guanidine groups is 1. The van der Waals surface area contributed by atoms with E-state index in [-0.39, 0.29) is 5.91 Å². The summed E-state index contributed by atoms with van der Waals surface area (Å²) in [7, 11) is 3.45. The lowest BCUT2D eigenvalue weighted by atomic mass is 10.3. The number of nitrogens with one attached hydrogen (secondary N) is 2. The van der Waals surface area contributed by atoms with Crippen LogP contribution in [0.5, 0.6) is 0 Å². The molecular weight excluding hydrogens is 384 g/mol. The lowest BCUT2D eigenvalue weighted by Gasteiger charge is -2.36. The van der Waals surface area contributed by atoms with Crippen LogP contribution in [0, 0.1) is 0 Å². The topological polar surface area (TPSA) is 82.1 Å². The van der Waals surface area contributed by atoms with Gasteiger partial charge in [0.25, 0.3) is 0 Å². The van der Waals surface area contributed by atoms with Crippen LogP contribution in [0.1, 0.15) is 6.42 Å².